The second-order valence-corrected chi connectivity index (χ2v) is 8.11. The molecule has 118 valence electrons. The summed E-state index contributed by atoms with van der Waals surface area (Å²) in [6, 6.07) is 8.05. The third-order valence-corrected chi connectivity index (χ3v) is 5.47. The van der Waals surface area contributed by atoms with E-state index in [1.54, 1.807) is 12.1 Å². The van der Waals surface area contributed by atoms with Crippen LogP contribution in [0.2, 0.25) is 0 Å². The zero-order chi connectivity index (χ0) is 16.3. The van der Waals surface area contributed by atoms with Crippen LogP contribution in [-0.2, 0) is 14.6 Å². The first-order valence-corrected chi connectivity index (χ1v) is 9.12. The number of rotatable bonds is 3. The molecule has 0 aromatic heterocycles. The summed E-state index contributed by atoms with van der Waals surface area (Å²) >= 11 is 3.26. The minimum atomic E-state index is -3.81. The fraction of sp³-hybridized carbons (Fsp3) is 0.400. The van der Waals surface area contributed by atoms with Gasteiger partial charge in [-0.2, -0.15) is 5.26 Å². The summed E-state index contributed by atoms with van der Waals surface area (Å²) in [5, 5.41) is 9.28. The molecule has 7 heteroatoms. The van der Waals surface area contributed by atoms with Gasteiger partial charge in [0.05, 0.1) is 17.1 Å². The molecular weight excluding hydrogens is 368 g/mol. The summed E-state index contributed by atoms with van der Waals surface area (Å²) in [5.41, 5.74) is 0. The number of halogens is 1. The summed E-state index contributed by atoms with van der Waals surface area (Å²) in [5.74, 6) is 0. The number of sulfone groups is 1. The van der Waals surface area contributed by atoms with Crippen molar-refractivity contribution in [3.05, 3.63) is 39.8 Å². The highest BCUT2D eigenvalue weighted by Gasteiger charge is 2.25. The van der Waals surface area contributed by atoms with E-state index in [9.17, 15) is 13.7 Å². The SMILES string of the molecule is C[C@@H]1CN(/C=C(\C#N)S(=O)(=O)c2ccc(Br)cc2)C[C@@H](C)O1. The Labute approximate surface area is 139 Å². The molecule has 1 aliphatic rings. The molecule has 5 nitrogen and oxygen atoms in total. The predicted octanol–water partition coefficient (Wildman–Crippen LogP) is 2.70. The summed E-state index contributed by atoms with van der Waals surface area (Å²) in [6.45, 7) is 4.97. The highest BCUT2D eigenvalue weighted by Crippen LogP contribution is 2.22. The smallest absolute Gasteiger partial charge is 0.218 e. The van der Waals surface area contributed by atoms with E-state index in [0.29, 0.717) is 13.1 Å². The van der Waals surface area contributed by atoms with E-state index in [-0.39, 0.29) is 22.0 Å². The van der Waals surface area contributed by atoms with Crippen LogP contribution in [0.3, 0.4) is 0 Å². The number of morpholine rings is 1. The van der Waals surface area contributed by atoms with Gasteiger partial charge in [0.15, 0.2) is 4.91 Å². The van der Waals surface area contributed by atoms with Crippen molar-refractivity contribution in [2.24, 2.45) is 0 Å². The summed E-state index contributed by atoms with van der Waals surface area (Å²) in [7, 11) is -3.81. The van der Waals surface area contributed by atoms with Gasteiger partial charge in [-0.25, -0.2) is 8.42 Å². The third-order valence-electron chi connectivity index (χ3n) is 3.27. The van der Waals surface area contributed by atoms with Crippen LogP contribution in [0.15, 0.2) is 44.7 Å². The van der Waals surface area contributed by atoms with Crippen molar-refractivity contribution >= 4 is 25.8 Å². The highest BCUT2D eigenvalue weighted by molar-refractivity contribution is 9.10. The number of allylic oxidation sites excluding steroid dienone is 1. The van der Waals surface area contributed by atoms with Crippen molar-refractivity contribution in [2.75, 3.05) is 13.1 Å². The van der Waals surface area contributed by atoms with Crippen LogP contribution in [0.1, 0.15) is 13.8 Å². The summed E-state index contributed by atoms with van der Waals surface area (Å²) < 4.78 is 31.5. The first kappa shape index (κ1) is 17.0. The zero-order valence-corrected chi connectivity index (χ0v) is 14.8. The normalized spacial score (nSPS) is 23.2. The van der Waals surface area contributed by atoms with Crippen LogP contribution >= 0.6 is 15.9 Å². The molecule has 1 fully saturated rings. The molecule has 2 rings (SSSR count). The van der Waals surface area contributed by atoms with E-state index in [0.717, 1.165) is 4.47 Å². The van der Waals surface area contributed by atoms with Crippen molar-refractivity contribution in [1.29, 1.82) is 5.26 Å². The van der Waals surface area contributed by atoms with Crippen molar-refractivity contribution in [3.8, 4) is 6.07 Å². The second kappa shape index (κ2) is 6.82. The molecule has 1 aliphatic heterocycles. The van der Waals surface area contributed by atoms with Gasteiger partial charge in [-0.3, -0.25) is 0 Å². The van der Waals surface area contributed by atoms with Gasteiger partial charge in [-0.05, 0) is 38.1 Å². The largest absolute Gasteiger partial charge is 0.372 e. The summed E-state index contributed by atoms with van der Waals surface area (Å²) in [6.07, 6.45) is 1.41. The van der Waals surface area contributed by atoms with Crippen molar-refractivity contribution < 1.29 is 13.2 Å². The fourth-order valence-electron chi connectivity index (χ4n) is 2.39. The van der Waals surface area contributed by atoms with Crippen LogP contribution in [-0.4, -0.2) is 38.6 Å². The molecule has 0 bridgehead atoms. The Kier molecular flexibility index (Phi) is 5.27. The van der Waals surface area contributed by atoms with Gasteiger partial charge in [0.2, 0.25) is 9.84 Å². The van der Waals surface area contributed by atoms with Crippen molar-refractivity contribution in [2.45, 2.75) is 31.0 Å². The van der Waals surface area contributed by atoms with Gasteiger partial charge in [-0.15, -0.1) is 0 Å². The third kappa shape index (κ3) is 3.88. The molecule has 2 atom stereocenters. The van der Waals surface area contributed by atoms with Crippen LogP contribution in [0.4, 0.5) is 0 Å². The maximum absolute atomic E-state index is 12.5. The van der Waals surface area contributed by atoms with Crippen LogP contribution in [0.5, 0.6) is 0 Å². The number of nitriles is 1. The standard InChI is InChI=1S/C15H17BrN2O3S/c1-11-8-18(9-12(2)21-11)10-15(7-17)22(19,20)14-5-3-13(16)4-6-14/h3-6,10-12H,8-9H2,1-2H3/b15-10+/t11-,12-/m1/s1. The Morgan fingerprint density at radius 2 is 1.86 bits per heavy atom. The van der Waals surface area contributed by atoms with E-state index in [2.05, 4.69) is 15.9 Å². The topological polar surface area (TPSA) is 70.4 Å². The van der Waals surface area contributed by atoms with Gasteiger partial charge in [0.1, 0.15) is 6.07 Å². The lowest BCUT2D eigenvalue weighted by atomic mass is 10.2. The van der Waals surface area contributed by atoms with Crippen molar-refractivity contribution in [3.63, 3.8) is 0 Å². The van der Waals surface area contributed by atoms with E-state index in [1.807, 2.05) is 24.8 Å². The van der Waals surface area contributed by atoms with Gasteiger partial charge < -0.3 is 9.64 Å². The maximum atomic E-state index is 12.5. The monoisotopic (exact) mass is 384 g/mol. The molecule has 0 unspecified atom stereocenters. The second-order valence-electron chi connectivity index (χ2n) is 5.27. The Morgan fingerprint density at radius 1 is 1.32 bits per heavy atom. The molecule has 0 spiro atoms. The molecule has 1 saturated heterocycles. The first-order valence-electron chi connectivity index (χ1n) is 6.85. The molecule has 0 amide bonds. The van der Waals surface area contributed by atoms with Gasteiger partial charge >= 0.3 is 0 Å². The lowest BCUT2D eigenvalue weighted by molar-refractivity contribution is -0.0541. The van der Waals surface area contributed by atoms with E-state index >= 15 is 0 Å². The first-order chi connectivity index (χ1) is 10.3. The van der Waals surface area contributed by atoms with Crippen molar-refractivity contribution in [1.82, 2.24) is 4.90 Å². The Bertz CT molecular complexity index is 697. The molecule has 0 aliphatic carbocycles. The zero-order valence-electron chi connectivity index (χ0n) is 12.4. The van der Waals surface area contributed by atoms with Gasteiger partial charge in [-0.1, -0.05) is 15.9 Å². The quantitative estimate of drug-likeness (QED) is 0.749. The average Bonchev–Trinajstić information content (AvgIpc) is 2.44. The van der Waals surface area contributed by atoms with Gasteiger partial charge in [0, 0.05) is 23.8 Å². The molecule has 1 aromatic carbocycles. The minimum Gasteiger partial charge on any atom is -0.372 e. The van der Waals surface area contributed by atoms with Crippen LogP contribution < -0.4 is 0 Å². The highest BCUT2D eigenvalue weighted by atomic mass is 79.9. The number of nitrogens with zero attached hydrogens (tertiary/aromatic N) is 2. The number of ether oxygens (including phenoxy) is 1. The molecule has 0 radical (unpaired) electrons. The van der Waals surface area contributed by atoms with E-state index in [4.69, 9.17) is 4.74 Å². The van der Waals surface area contributed by atoms with Gasteiger partial charge in [0.25, 0.3) is 0 Å². The predicted molar refractivity (Wildman–Crippen MR) is 86.6 cm³/mol. The Morgan fingerprint density at radius 3 is 2.36 bits per heavy atom. The number of hydrogen-bond donors (Lipinski definition) is 0. The molecule has 1 aromatic rings. The Balaban J connectivity index is 2.32. The minimum absolute atomic E-state index is 0.00433. The fourth-order valence-corrected chi connectivity index (χ4v) is 3.81. The lowest BCUT2D eigenvalue weighted by Crippen LogP contribution is -2.42. The van der Waals surface area contributed by atoms with Crippen LogP contribution in [0, 0.1) is 11.3 Å². The van der Waals surface area contributed by atoms with E-state index in [1.165, 1.54) is 18.3 Å². The molecule has 0 saturated carbocycles. The molecule has 1 heterocycles. The van der Waals surface area contributed by atoms with E-state index < -0.39 is 9.84 Å². The average molecular weight is 385 g/mol. The maximum Gasteiger partial charge on any atom is 0.218 e. The number of benzene rings is 1. The number of hydrogen-bond acceptors (Lipinski definition) is 5. The summed E-state index contributed by atoms with van der Waals surface area (Å²) in [4.78, 5) is 1.68. The van der Waals surface area contributed by atoms with Crippen LogP contribution in [0.25, 0.3) is 0 Å². The molecule has 0 N–H and O–H groups in total. The Hall–Kier alpha value is -1.36. The molecular formula is C15H17BrN2O3S. The lowest BCUT2D eigenvalue weighted by Gasteiger charge is -2.34. The molecule has 22 heavy (non-hydrogen) atoms.